The highest BCUT2D eigenvalue weighted by Gasteiger charge is 2.63. The van der Waals surface area contributed by atoms with Gasteiger partial charge >= 0.3 is 12.1 Å². The van der Waals surface area contributed by atoms with Gasteiger partial charge < -0.3 is 13.9 Å². The lowest BCUT2D eigenvalue weighted by atomic mass is 9.63. The van der Waals surface area contributed by atoms with Gasteiger partial charge in [-0.25, -0.2) is 9.59 Å². The average molecular weight is 414 g/mol. The fraction of sp³-hybridized carbons (Fsp3) is 0.810. The molecule has 2 atom stereocenters. The van der Waals surface area contributed by atoms with Gasteiger partial charge in [0.2, 0.25) is 0 Å². The topological polar surface area (TPSA) is 65.1 Å². The van der Waals surface area contributed by atoms with Crippen molar-refractivity contribution in [3.8, 4) is 0 Å². The van der Waals surface area contributed by atoms with E-state index in [1.54, 1.807) is 17.9 Å². The van der Waals surface area contributed by atoms with Crippen LogP contribution in [-0.4, -0.2) is 51.9 Å². The average Bonchev–Trinajstić information content (AvgIpc) is 2.73. The van der Waals surface area contributed by atoms with Crippen LogP contribution in [0.1, 0.15) is 68.7 Å². The minimum absolute atomic E-state index is 0.0313. The van der Waals surface area contributed by atoms with Gasteiger partial charge in [0.1, 0.15) is 21.8 Å². The Hall–Kier alpha value is -1.34. The smallest absolute Gasteiger partial charge is 0.412 e. The highest BCUT2D eigenvalue weighted by molar-refractivity contribution is 5.98. The second-order valence-electron chi connectivity index (χ2n) is 10.1. The van der Waals surface area contributed by atoms with Gasteiger partial charge in [0.05, 0.1) is 6.61 Å². The molecule has 0 unspecified atom stereocenters. The molecule has 1 rings (SSSR count). The van der Waals surface area contributed by atoms with Crippen molar-refractivity contribution >= 4 is 22.5 Å². The van der Waals surface area contributed by atoms with E-state index in [-0.39, 0.29) is 22.8 Å². The first-order valence-corrected chi connectivity index (χ1v) is 10.8. The molecule has 6 nitrogen and oxygen atoms in total. The van der Waals surface area contributed by atoms with Crippen LogP contribution in [0.15, 0.2) is 12.2 Å². The summed E-state index contributed by atoms with van der Waals surface area (Å²) in [5.74, 6) is -0.199. The van der Waals surface area contributed by atoms with E-state index < -0.39 is 17.3 Å². The van der Waals surface area contributed by atoms with E-state index in [1.807, 2.05) is 20.8 Å². The van der Waals surface area contributed by atoms with Gasteiger partial charge in [-0.05, 0) is 39.0 Å². The summed E-state index contributed by atoms with van der Waals surface area (Å²) in [6.07, 6.45) is 3.18. The zero-order valence-electron chi connectivity index (χ0n) is 19.3. The van der Waals surface area contributed by atoms with E-state index in [9.17, 15) is 9.59 Å². The Kier molecular flexibility index (Phi) is 7.56. The molecule has 28 heavy (non-hydrogen) atoms. The lowest BCUT2D eigenvalue weighted by Crippen LogP contribution is -2.57. The number of rotatable bonds is 5. The highest BCUT2D eigenvalue weighted by atomic mass is 28.2. The molecule has 0 aromatic heterocycles. The molecule has 1 heterocycles. The molecular formula is C21H39NO5Si. The number of amides is 1. The zero-order chi connectivity index (χ0) is 22.0. The van der Waals surface area contributed by atoms with E-state index in [4.69, 9.17) is 13.9 Å². The third kappa shape index (κ3) is 5.17. The van der Waals surface area contributed by atoms with Crippen LogP contribution in [-0.2, 0) is 18.7 Å². The van der Waals surface area contributed by atoms with Crippen molar-refractivity contribution in [1.29, 1.82) is 0 Å². The molecule has 1 aliphatic heterocycles. The molecule has 162 valence electrons. The van der Waals surface area contributed by atoms with Gasteiger partial charge in [-0.1, -0.05) is 40.7 Å². The third-order valence-corrected chi connectivity index (χ3v) is 6.29. The van der Waals surface area contributed by atoms with Crippen molar-refractivity contribution in [3.05, 3.63) is 12.2 Å². The summed E-state index contributed by atoms with van der Waals surface area (Å²) in [4.78, 5) is 26.6. The van der Waals surface area contributed by atoms with Crippen LogP contribution in [0, 0.1) is 16.7 Å². The van der Waals surface area contributed by atoms with Crippen molar-refractivity contribution in [2.24, 2.45) is 16.7 Å². The second kappa shape index (κ2) is 8.57. The molecule has 0 spiro atoms. The molecule has 0 N–H and O–H groups in total. The molecule has 1 fully saturated rings. The van der Waals surface area contributed by atoms with Crippen molar-refractivity contribution in [1.82, 2.24) is 4.90 Å². The predicted octanol–water partition coefficient (Wildman–Crippen LogP) is 3.43. The first kappa shape index (κ1) is 24.7. The molecule has 7 heteroatoms. The van der Waals surface area contributed by atoms with Gasteiger partial charge in [0.25, 0.3) is 0 Å². The van der Waals surface area contributed by atoms with Crippen molar-refractivity contribution in [3.63, 3.8) is 0 Å². The van der Waals surface area contributed by atoms with E-state index in [0.717, 1.165) is 0 Å². The van der Waals surface area contributed by atoms with Crippen LogP contribution in [0.3, 0.4) is 0 Å². The number of nitrogens with zero attached hydrogens (tertiary/aromatic N) is 1. The molecular weight excluding hydrogens is 374 g/mol. The predicted molar refractivity (Wildman–Crippen MR) is 114 cm³/mol. The highest BCUT2D eigenvalue weighted by Crippen LogP contribution is 2.57. The summed E-state index contributed by atoms with van der Waals surface area (Å²) < 4.78 is 16.9. The van der Waals surface area contributed by atoms with Gasteiger partial charge in [-0.3, -0.25) is 4.90 Å². The Bertz CT molecular complexity index is 603. The second-order valence-corrected chi connectivity index (χ2v) is 10.5. The van der Waals surface area contributed by atoms with Gasteiger partial charge in [-0.2, -0.15) is 0 Å². The minimum atomic E-state index is -0.873. The van der Waals surface area contributed by atoms with Gasteiger partial charge in [0.15, 0.2) is 0 Å². The summed E-state index contributed by atoms with van der Waals surface area (Å²) >= 11 is 0. The summed E-state index contributed by atoms with van der Waals surface area (Å²) in [5.41, 5.74) is -1.85. The summed E-state index contributed by atoms with van der Waals surface area (Å²) in [6.45, 7) is 19.1. The van der Waals surface area contributed by atoms with E-state index >= 15 is 0 Å². The van der Waals surface area contributed by atoms with E-state index in [0.29, 0.717) is 30.1 Å². The lowest BCUT2D eigenvalue weighted by Gasteiger charge is -2.48. The maximum atomic E-state index is 13.1. The van der Waals surface area contributed by atoms with Gasteiger partial charge in [-0.15, -0.1) is 0 Å². The number of hydrogen-bond acceptors (Lipinski definition) is 5. The van der Waals surface area contributed by atoms with Crippen molar-refractivity contribution in [2.45, 2.75) is 80.1 Å². The number of esters is 1. The summed E-state index contributed by atoms with van der Waals surface area (Å²) in [5, 5.41) is 0. The maximum Gasteiger partial charge on any atom is 0.412 e. The van der Waals surface area contributed by atoms with Crippen LogP contribution in [0.2, 0.25) is 0 Å². The Balaban J connectivity index is 3.36. The largest absolute Gasteiger partial charge is 0.463 e. The standard InChI is InChI=1S/C21H39NO5Si/c1-10-25-16(23)12-11-13-21(27-28)20(8,9)15(18(2,3)4)14-22(21)17(24)26-19(5,6)7/h11-12,15H,10,13-14H2,1-9,28H3/t15-,21-/m1/s1. The lowest BCUT2D eigenvalue weighted by molar-refractivity contribution is -0.137. The number of likely N-dealkylation sites (tertiary alicyclic amines) is 1. The molecule has 1 amide bonds. The molecule has 0 bridgehead atoms. The molecule has 1 saturated heterocycles. The molecule has 0 saturated carbocycles. The molecule has 0 aromatic carbocycles. The number of carbonyl (C=O) groups excluding carboxylic acids is 2. The number of carbonyl (C=O) groups is 2. The molecule has 0 aliphatic carbocycles. The Morgan fingerprint density at radius 2 is 1.75 bits per heavy atom. The Morgan fingerprint density at radius 1 is 1.18 bits per heavy atom. The Labute approximate surface area is 173 Å². The quantitative estimate of drug-likeness (QED) is 0.392. The summed E-state index contributed by atoms with van der Waals surface area (Å²) in [6, 6.07) is 0. The zero-order valence-corrected chi connectivity index (χ0v) is 21.3. The first-order chi connectivity index (χ1) is 12.6. The van der Waals surface area contributed by atoms with Gasteiger partial charge in [0, 0.05) is 24.5 Å². The van der Waals surface area contributed by atoms with Crippen LogP contribution in [0.25, 0.3) is 0 Å². The monoisotopic (exact) mass is 413 g/mol. The number of ether oxygens (including phenoxy) is 2. The molecule has 0 radical (unpaired) electrons. The fourth-order valence-electron chi connectivity index (χ4n) is 4.41. The minimum Gasteiger partial charge on any atom is -0.463 e. The fourth-order valence-corrected chi connectivity index (χ4v) is 5.32. The van der Waals surface area contributed by atoms with Crippen molar-refractivity contribution in [2.75, 3.05) is 13.2 Å². The third-order valence-electron chi connectivity index (χ3n) is 5.61. The molecule has 1 aliphatic rings. The van der Waals surface area contributed by atoms with Crippen LogP contribution < -0.4 is 0 Å². The summed E-state index contributed by atoms with van der Waals surface area (Å²) in [7, 11) is 0.446. The number of hydrogen-bond donors (Lipinski definition) is 0. The normalized spacial score (nSPS) is 25.3. The SMILES string of the molecule is CCOC(=O)C=CC[C@]1(O[SiH3])N(C(=O)OC(C)(C)C)C[C@H](C(C)(C)C)C1(C)C. The van der Waals surface area contributed by atoms with Crippen LogP contribution in [0.5, 0.6) is 0 Å². The van der Waals surface area contributed by atoms with Crippen LogP contribution >= 0.6 is 0 Å². The van der Waals surface area contributed by atoms with Crippen LogP contribution in [0.4, 0.5) is 4.79 Å². The van der Waals surface area contributed by atoms with E-state index in [1.165, 1.54) is 6.08 Å². The molecule has 0 aromatic rings. The first-order valence-electron chi connectivity index (χ1n) is 10.0. The Morgan fingerprint density at radius 3 is 2.18 bits per heavy atom. The van der Waals surface area contributed by atoms with Crippen molar-refractivity contribution < 1.29 is 23.5 Å². The van der Waals surface area contributed by atoms with E-state index in [2.05, 4.69) is 34.6 Å². The maximum absolute atomic E-state index is 13.1.